The van der Waals surface area contributed by atoms with Crippen molar-refractivity contribution >= 4 is 34.0 Å². The molecule has 0 bridgehead atoms. The highest BCUT2D eigenvalue weighted by molar-refractivity contribution is 7.13. The van der Waals surface area contributed by atoms with Gasteiger partial charge >= 0.3 is 0 Å². The third-order valence-electron chi connectivity index (χ3n) is 2.55. The van der Waals surface area contributed by atoms with Crippen molar-refractivity contribution in [3.63, 3.8) is 0 Å². The van der Waals surface area contributed by atoms with Gasteiger partial charge in [0, 0.05) is 23.6 Å². The van der Waals surface area contributed by atoms with E-state index in [0.717, 1.165) is 0 Å². The molecule has 0 atom stereocenters. The van der Waals surface area contributed by atoms with Crippen LogP contribution in [0, 0.1) is 0 Å². The molecule has 0 spiro atoms. The first kappa shape index (κ1) is 14.8. The first-order valence-corrected chi connectivity index (χ1v) is 7.38. The lowest BCUT2D eigenvalue weighted by Crippen LogP contribution is -2.27. The molecule has 0 aliphatic rings. The molecule has 0 fully saturated rings. The highest BCUT2D eigenvalue weighted by Gasteiger charge is 2.20. The Kier molecular flexibility index (Phi) is 4.62. The average molecular weight is 311 g/mol. The molecule has 20 heavy (non-hydrogen) atoms. The summed E-state index contributed by atoms with van der Waals surface area (Å²) in [7, 11) is 1.68. The van der Waals surface area contributed by atoms with Gasteiger partial charge in [-0.3, -0.25) is 9.69 Å². The van der Waals surface area contributed by atoms with E-state index in [-0.39, 0.29) is 12.0 Å². The second-order valence-electron chi connectivity index (χ2n) is 4.49. The van der Waals surface area contributed by atoms with Crippen molar-refractivity contribution in [3.05, 3.63) is 40.4 Å². The van der Waals surface area contributed by atoms with E-state index in [1.807, 2.05) is 19.2 Å². The van der Waals surface area contributed by atoms with Crippen molar-refractivity contribution in [2.24, 2.45) is 0 Å². The Morgan fingerprint density at radius 3 is 2.80 bits per heavy atom. The summed E-state index contributed by atoms with van der Waals surface area (Å²) in [5, 5.41) is 2.95. The molecule has 0 radical (unpaired) electrons. The summed E-state index contributed by atoms with van der Waals surface area (Å²) in [5.74, 6) is 0.330. The molecule has 0 aliphatic carbocycles. The molecule has 0 unspecified atom stereocenters. The first-order chi connectivity index (χ1) is 9.49. The molecule has 1 aromatic heterocycles. The van der Waals surface area contributed by atoms with Gasteiger partial charge in [0.2, 0.25) is 0 Å². The van der Waals surface area contributed by atoms with Crippen molar-refractivity contribution in [2.75, 3.05) is 11.9 Å². The molecule has 0 saturated heterocycles. The van der Waals surface area contributed by atoms with E-state index in [4.69, 9.17) is 16.3 Å². The first-order valence-electron chi connectivity index (χ1n) is 6.13. The molecule has 6 heteroatoms. The number of carbonyl (C=O) groups excluding carboxylic acids is 1. The molecule has 1 aromatic carbocycles. The van der Waals surface area contributed by atoms with Crippen LogP contribution < -0.4 is 9.64 Å². The monoisotopic (exact) mass is 310 g/mol. The summed E-state index contributed by atoms with van der Waals surface area (Å²) in [6, 6.07) is 5.04. The van der Waals surface area contributed by atoms with E-state index < -0.39 is 0 Å². The van der Waals surface area contributed by atoms with Crippen LogP contribution in [0.15, 0.2) is 29.8 Å². The third kappa shape index (κ3) is 3.29. The van der Waals surface area contributed by atoms with Crippen molar-refractivity contribution in [2.45, 2.75) is 20.0 Å². The molecular weight excluding hydrogens is 296 g/mol. The Labute approximate surface area is 127 Å². The van der Waals surface area contributed by atoms with Crippen molar-refractivity contribution in [3.8, 4) is 5.75 Å². The van der Waals surface area contributed by atoms with Gasteiger partial charge in [-0.15, -0.1) is 11.3 Å². The maximum absolute atomic E-state index is 12.6. The standard InChI is InChI=1S/C14H15ClN2O2S/c1-9(2)19-12-5-4-10(15)8-11(12)13(18)17(3)14-16-6-7-20-14/h4-9H,1-3H3. The number of anilines is 1. The van der Waals surface area contributed by atoms with Crippen LogP contribution in [0.3, 0.4) is 0 Å². The van der Waals surface area contributed by atoms with Gasteiger partial charge < -0.3 is 4.74 Å². The fourth-order valence-electron chi connectivity index (χ4n) is 1.68. The SMILES string of the molecule is CC(C)Oc1ccc(Cl)cc1C(=O)N(C)c1nccs1. The maximum Gasteiger partial charge on any atom is 0.263 e. The minimum atomic E-state index is -0.196. The number of aromatic nitrogens is 1. The van der Waals surface area contributed by atoms with Gasteiger partial charge in [0.15, 0.2) is 5.13 Å². The Balaban J connectivity index is 2.35. The molecule has 4 nitrogen and oxygen atoms in total. The summed E-state index contributed by atoms with van der Waals surface area (Å²) < 4.78 is 5.67. The van der Waals surface area contributed by atoms with Crippen molar-refractivity contribution in [1.82, 2.24) is 4.98 Å². The fraction of sp³-hybridized carbons (Fsp3) is 0.286. The second kappa shape index (κ2) is 6.24. The molecule has 1 amide bonds. The van der Waals surface area contributed by atoms with Crippen molar-refractivity contribution < 1.29 is 9.53 Å². The number of carbonyl (C=O) groups is 1. The molecular formula is C14H15ClN2O2S. The normalized spacial score (nSPS) is 10.7. The molecule has 0 saturated carbocycles. The van der Waals surface area contributed by atoms with Gasteiger partial charge in [0.1, 0.15) is 5.75 Å². The number of hydrogen-bond donors (Lipinski definition) is 0. The second-order valence-corrected chi connectivity index (χ2v) is 5.80. The highest BCUT2D eigenvalue weighted by Crippen LogP contribution is 2.27. The molecule has 2 aromatic rings. The van der Waals surface area contributed by atoms with Crippen LogP contribution in [0.5, 0.6) is 5.75 Å². The van der Waals surface area contributed by atoms with Crippen molar-refractivity contribution in [1.29, 1.82) is 0 Å². The molecule has 106 valence electrons. The number of hydrogen-bond acceptors (Lipinski definition) is 4. The van der Waals surface area contributed by atoms with E-state index in [9.17, 15) is 4.79 Å². The minimum absolute atomic E-state index is 0.0205. The van der Waals surface area contributed by atoms with Gasteiger partial charge in [-0.1, -0.05) is 11.6 Å². The number of rotatable bonds is 4. The highest BCUT2D eigenvalue weighted by atomic mass is 35.5. The lowest BCUT2D eigenvalue weighted by atomic mass is 10.1. The van der Waals surface area contributed by atoms with E-state index in [1.165, 1.54) is 16.2 Å². The predicted molar refractivity (Wildman–Crippen MR) is 82.1 cm³/mol. The summed E-state index contributed by atoms with van der Waals surface area (Å²) in [4.78, 5) is 18.2. The Bertz CT molecular complexity index is 599. The Hall–Kier alpha value is -1.59. The predicted octanol–water partition coefficient (Wildman–Crippen LogP) is 3.86. The number of halogens is 1. The van der Waals surface area contributed by atoms with Gasteiger partial charge in [-0.05, 0) is 32.0 Å². The Morgan fingerprint density at radius 1 is 1.45 bits per heavy atom. The van der Waals surface area contributed by atoms with Gasteiger partial charge in [0.25, 0.3) is 5.91 Å². The lowest BCUT2D eigenvalue weighted by Gasteiger charge is -2.18. The molecule has 2 rings (SSSR count). The molecule has 0 aliphatic heterocycles. The number of ether oxygens (including phenoxy) is 1. The van der Waals surface area contributed by atoms with Gasteiger partial charge in [-0.25, -0.2) is 4.98 Å². The number of amides is 1. The maximum atomic E-state index is 12.6. The number of nitrogens with zero attached hydrogens (tertiary/aromatic N) is 2. The minimum Gasteiger partial charge on any atom is -0.490 e. The lowest BCUT2D eigenvalue weighted by molar-refractivity contribution is 0.0987. The molecule has 1 heterocycles. The molecule has 0 N–H and O–H groups in total. The van der Waals surface area contributed by atoms with Crippen LogP contribution in [0.25, 0.3) is 0 Å². The van der Waals surface area contributed by atoms with Crippen LogP contribution in [0.4, 0.5) is 5.13 Å². The Morgan fingerprint density at radius 2 is 2.20 bits per heavy atom. The van der Waals surface area contributed by atoms with Crippen LogP contribution in [-0.2, 0) is 0 Å². The summed E-state index contributed by atoms with van der Waals surface area (Å²) in [6.45, 7) is 3.82. The zero-order chi connectivity index (χ0) is 14.7. The van der Waals surface area contributed by atoms with Gasteiger partial charge in [0.05, 0.1) is 11.7 Å². The largest absolute Gasteiger partial charge is 0.490 e. The van der Waals surface area contributed by atoms with Crippen LogP contribution >= 0.6 is 22.9 Å². The van der Waals surface area contributed by atoms with Crippen LogP contribution in [0.2, 0.25) is 5.02 Å². The van der Waals surface area contributed by atoms with E-state index in [2.05, 4.69) is 4.98 Å². The van der Waals surface area contributed by atoms with E-state index in [1.54, 1.807) is 31.4 Å². The van der Waals surface area contributed by atoms with Crippen LogP contribution in [-0.4, -0.2) is 24.0 Å². The fourth-order valence-corrected chi connectivity index (χ4v) is 2.45. The zero-order valence-electron chi connectivity index (χ0n) is 11.5. The van der Waals surface area contributed by atoms with E-state index in [0.29, 0.717) is 21.5 Å². The quantitative estimate of drug-likeness (QED) is 0.861. The topological polar surface area (TPSA) is 42.4 Å². The average Bonchev–Trinajstić information content (AvgIpc) is 2.92. The summed E-state index contributed by atoms with van der Waals surface area (Å²) in [6.07, 6.45) is 1.64. The van der Waals surface area contributed by atoms with Gasteiger partial charge in [-0.2, -0.15) is 0 Å². The zero-order valence-corrected chi connectivity index (χ0v) is 13.0. The summed E-state index contributed by atoms with van der Waals surface area (Å²) >= 11 is 7.39. The smallest absolute Gasteiger partial charge is 0.263 e. The number of thiazole rings is 1. The van der Waals surface area contributed by atoms with Crippen LogP contribution in [0.1, 0.15) is 24.2 Å². The van der Waals surface area contributed by atoms with E-state index >= 15 is 0 Å². The third-order valence-corrected chi connectivity index (χ3v) is 3.63. The summed E-state index contributed by atoms with van der Waals surface area (Å²) in [5.41, 5.74) is 0.434. The number of benzene rings is 1.